The van der Waals surface area contributed by atoms with E-state index < -0.39 is 10.0 Å². The number of rotatable bonds is 1. The van der Waals surface area contributed by atoms with Gasteiger partial charge in [-0.15, -0.1) is 24.8 Å². The minimum Gasteiger partial charge on any atom is -0.263 e. The molecule has 1 heterocycles. The summed E-state index contributed by atoms with van der Waals surface area (Å²) in [6.07, 6.45) is 2.68. The van der Waals surface area contributed by atoms with Crippen LogP contribution in [-0.2, 0) is 10.0 Å². The Balaban J connectivity index is 0. The predicted molar refractivity (Wildman–Crippen MR) is 50.1 cm³/mol. The first-order valence-corrected chi connectivity index (χ1v) is 4.08. The number of sulfonamides is 1. The first kappa shape index (κ1) is 14.2. The van der Waals surface area contributed by atoms with E-state index in [0.717, 1.165) is 0 Å². The van der Waals surface area contributed by atoms with Crippen molar-refractivity contribution in [2.45, 2.75) is 4.90 Å². The van der Waals surface area contributed by atoms with E-state index >= 15 is 0 Å². The third-order valence-corrected chi connectivity index (χ3v) is 1.86. The monoisotopic (exact) mass is 230 g/mol. The highest BCUT2D eigenvalue weighted by Gasteiger charge is 2.04. The number of pyridine rings is 1. The van der Waals surface area contributed by atoms with Gasteiger partial charge in [0.25, 0.3) is 0 Å². The molecule has 0 radical (unpaired) electrons. The quantitative estimate of drug-likeness (QED) is 0.767. The lowest BCUT2D eigenvalue weighted by molar-refractivity contribution is 0.597. The summed E-state index contributed by atoms with van der Waals surface area (Å²) < 4.78 is 21.1. The lowest BCUT2D eigenvalue weighted by atomic mass is 10.5. The lowest BCUT2D eigenvalue weighted by Crippen LogP contribution is -2.11. The van der Waals surface area contributed by atoms with Gasteiger partial charge in [-0.3, -0.25) is 4.98 Å². The Morgan fingerprint density at radius 2 is 1.92 bits per heavy atom. The Hall–Kier alpha value is -0.360. The first-order chi connectivity index (χ1) is 4.61. The molecular weight excluding hydrogens is 223 g/mol. The SMILES string of the molecule is Cl.Cl.NS(=O)(=O)c1cccnc1. The largest absolute Gasteiger partial charge is 0.263 e. The van der Waals surface area contributed by atoms with Gasteiger partial charge in [-0.1, -0.05) is 0 Å². The minimum atomic E-state index is -3.57. The highest BCUT2D eigenvalue weighted by Crippen LogP contribution is 2.00. The fraction of sp³-hybridized carbons (Fsp3) is 0. The summed E-state index contributed by atoms with van der Waals surface area (Å²) in [6, 6.07) is 2.90. The minimum absolute atomic E-state index is 0. The number of aromatic nitrogens is 1. The molecule has 70 valence electrons. The molecule has 0 bridgehead atoms. The van der Waals surface area contributed by atoms with Crippen LogP contribution in [0.2, 0.25) is 0 Å². The van der Waals surface area contributed by atoms with Gasteiger partial charge in [-0.25, -0.2) is 13.6 Å². The van der Waals surface area contributed by atoms with Crippen molar-refractivity contribution in [3.05, 3.63) is 24.5 Å². The highest BCUT2D eigenvalue weighted by molar-refractivity contribution is 7.89. The summed E-state index contributed by atoms with van der Waals surface area (Å²) in [5.41, 5.74) is 0. The maximum atomic E-state index is 10.6. The van der Waals surface area contributed by atoms with Gasteiger partial charge in [0, 0.05) is 12.4 Å². The second-order valence-electron chi connectivity index (χ2n) is 1.73. The van der Waals surface area contributed by atoms with Gasteiger partial charge in [0.05, 0.1) is 0 Å². The number of nitrogens with two attached hydrogens (primary N) is 1. The van der Waals surface area contributed by atoms with Crippen molar-refractivity contribution in [1.82, 2.24) is 4.98 Å². The molecule has 0 aliphatic heterocycles. The van der Waals surface area contributed by atoms with Crippen molar-refractivity contribution < 1.29 is 8.42 Å². The van der Waals surface area contributed by atoms with Crippen LogP contribution in [0.4, 0.5) is 0 Å². The zero-order valence-corrected chi connectivity index (χ0v) is 8.32. The molecule has 0 spiro atoms. The maximum Gasteiger partial charge on any atom is 0.239 e. The molecule has 0 amide bonds. The molecule has 0 fully saturated rings. The van der Waals surface area contributed by atoms with E-state index in [2.05, 4.69) is 4.98 Å². The number of halogens is 2. The summed E-state index contributed by atoms with van der Waals surface area (Å²) in [7, 11) is -3.57. The van der Waals surface area contributed by atoms with Crippen molar-refractivity contribution in [3.8, 4) is 0 Å². The van der Waals surface area contributed by atoms with Gasteiger partial charge in [0.15, 0.2) is 0 Å². The topological polar surface area (TPSA) is 73.1 Å². The van der Waals surface area contributed by atoms with Crippen LogP contribution >= 0.6 is 24.8 Å². The smallest absolute Gasteiger partial charge is 0.239 e. The van der Waals surface area contributed by atoms with Crippen LogP contribution in [0.15, 0.2) is 29.4 Å². The zero-order chi connectivity index (χ0) is 7.61. The maximum absolute atomic E-state index is 10.6. The molecule has 1 aromatic heterocycles. The van der Waals surface area contributed by atoms with Gasteiger partial charge in [-0.2, -0.15) is 0 Å². The van der Waals surface area contributed by atoms with E-state index in [4.69, 9.17) is 5.14 Å². The molecule has 0 unspecified atom stereocenters. The predicted octanol–water partition coefficient (Wildman–Crippen LogP) is 0.573. The average molecular weight is 231 g/mol. The van der Waals surface area contributed by atoms with Crippen LogP contribution in [-0.4, -0.2) is 13.4 Å². The third-order valence-electron chi connectivity index (χ3n) is 0.963. The molecule has 1 aromatic rings. The molecule has 0 saturated heterocycles. The van der Waals surface area contributed by atoms with E-state index in [-0.39, 0.29) is 29.7 Å². The van der Waals surface area contributed by atoms with Crippen LogP contribution in [0.3, 0.4) is 0 Å². The van der Waals surface area contributed by atoms with Crippen molar-refractivity contribution in [2.24, 2.45) is 5.14 Å². The number of nitrogens with zero attached hydrogens (tertiary/aromatic N) is 1. The molecule has 0 aliphatic carbocycles. The van der Waals surface area contributed by atoms with Crippen LogP contribution < -0.4 is 5.14 Å². The van der Waals surface area contributed by atoms with Crippen molar-refractivity contribution in [3.63, 3.8) is 0 Å². The highest BCUT2D eigenvalue weighted by atomic mass is 35.5. The fourth-order valence-electron chi connectivity index (χ4n) is 0.515. The van der Waals surface area contributed by atoms with Crippen LogP contribution in [0.1, 0.15) is 0 Å². The Morgan fingerprint density at radius 3 is 2.17 bits per heavy atom. The molecule has 0 saturated carbocycles. The fourth-order valence-corrected chi connectivity index (χ4v) is 0.991. The summed E-state index contributed by atoms with van der Waals surface area (Å²) >= 11 is 0. The molecule has 0 aliphatic rings. The standard InChI is InChI=1S/C5H6N2O2S.2ClH/c6-10(8,9)5-2-1-3-7-4-5;;/h1-4H,(H2,6,8,9);2*1H. The molecular formula is C5H8Cl2N2O2S. The van der Waals surface area contributed by atoms with Gasteiger partial charge < -0.3 is 0 Å². The lowest BCUT2D eigenvalue weighted by Gasteiger charge is -1.92. The second kappa shape index (κ2) is 5.31. The molecule has 1 rings (SSSR count). The summed E-state index contributed by atoms with van der Waals surface area (Å²) in [4.78, 5) is 3.63. The Morgan fingerprint density at radius 1 is 1.33 bits per heavy atom. The molecule has 0 atom stereocenters. The number of hydrogen-bond acceptors (Lipinski definition) is 3. The van der Waals surface area contributed by atoms with Gasteiger partial charge in [0.1, 0.15) is 4.90 Å². The summed E-state index contributed by atoms with van der Waals surface area (Å²) in [5.74, 6) is 0. The van der Waals surface area contributed by atoms with E-state index in [1.807, 2.05) is 0 Å². The Kier molecular flexibility index (Phi) is 6.28. The van der Waals surface area contributed by atoms with E-state index in [0.29, 0.717) is 0 Å². The van der Waals surface area contributed by atoms with Crippen LogP contribution in [0.25, 0.3) is 0 Å². The number of primary sulfonamides is 1. The normalized spacial score (nSPS) is 9.42. The van der Waals surface area contributed by atoms with Crippen molar-refractivity contribution in [2.75, 3.05) is 0 Å². The second-order valence-corrected chi connectivity index (χ2v) is 3.30. The molecule has 12 heavy (non-hydrogen) atoms. The Labute approximate surface area is 83.1 Å². The number of hydrogen-bond donors (Lipinski definition) is 1. The first-order valence-electron chi connectivity index (χ1n) is 2.53. The van der Waals surface area contributed by atoms with Gasteiger partial charge in [0.2, 0.25) is 10.0 Å². The van der Waals surface area contributed by atoms with Gasteiger partial charge in [-0.05, 0) is 12.1 Å². The molecule has 0 aromatic carbocycles. The molecule has 7 heteroatoms. The van der Waals surface area contributed by atoms with E-state index in [9.17, 15) is 8.42 Å². The van der Waals surface area contributed by atoms with Crippen LogP contribution in [0, 0.1) is 0 Å². The van der Waals surface area contributed by atoms with Crippen molar-refractivity contribution >= 4 is 34.8 Å². The third kappa shape index (κ3) is 3.87. The van der Waals surface area contributed by atoms with Gasteiger partial charge >= 0.3 is 0 Å². The Bertz CT molecular complexity index is 313. The zero-order valence-electron chi connectivity index (χ0n) is 5.88. The van der Waals surface area contributed by atoms with Crippen LogP contribution in [0.5, 0.6) is 0 Å². The van der Waals surface area contributed by atoms with E-state index in [1.54, 1.807) is 0 Å². The molecule has 4 nitrogen and oxygen atoms in total. The summed E-state index contributed by atoms with van der Waals surface area (Å²) in [5, 5.41) is 4.79. The van der Waals surface area contributed by atoms with Crippen molar-refractivity contribution in [1.29, 1.82) is 0 Å². The average Bonchev–Trinajstić information content (AvgIpc) is 1.88. The summed E-state index contributed by atoms with van der Waals surface area (Å²) in [6.45, 7) is 0. The molecule has 2 N–H and O–H groups in total. The van der Waals surface area contributed by atoms with E-state index in [1.165, 1.54) is 24.5 Å².